The Morgan fingerprint density at radius 1 is 0.476 bits per heavy atom. The van der Waals surface area contributed by atoms with Gasteiger partial charge < -0.3 is 45.0 Å². The van der Waals surface area contributed by atoms with E-state index in [9.17, 15) is 0 Å². The molecule has 0 aromatic carbocycles. The summed E-state index contributed by atoms with van der Waals surface area (Å²) in [5.74, 6) is -12.0. The zero-order valence-electron chi connectivity index (χ0n) is 11.0. The van der Waals surface area contributed by atoms with Crippen LogP contribution in [0.2, 0.25) is 0 Å². The molecule has 0 saturated carbocycles. The van der Waals surface area contributed by atoms with Crippen LogP contribution in [-0.4, -0.2) is 51.1 Å². The van der Waals surface area contributed by atoms with Crippen LogP contribution in [0.4, 0.5) is 0 Å². The Labute approximate surface area is 243 Å². The van der Waals surface area contributed by atoms with Gasteiger partial charge in [0.2, 0.25) is 0 Å². The van der Waals surface area contributed by atoms with Crippen molar-refractivity contribution < 1.29 is 214 Å². The molecular formula is C6H3K3O12. The van der Waals surface area contributed by atoms with E-state index >= 15 is 0 Å². The second-order valence-corrected chi connectivity index (χ2v) is 1.78. The number of carbonyl (C=O) groups excluding carboxylic acids is 3. The Morgan fingerprint density at radius 2 is 0.524 bits per heavy atom. The Bertz CT molecular complexity index is 284. The van der Waals surface area contributed by atoms with Crippen LogP contribution in [0.15, 0.2) is 0 Å². The third kappa shape index (κ3) is 44.9. The molecule has 0 aliphatic rings. The molecule has 0 unspecified atom stereocenters. The normalized spacial score (nSPS) is 6.29. The van der Waals surface area contributed by atoms with E-state index in [-0.39, 0.29) is 154 Å². The molecule has 15 heteroatoms. The van der Waals surface area contributed by atoms with Crippen molar-refractivity contribution in [2.24, 2.45) is 0 Å². The maximum Gasteiger partial charge on any atom is 1.00 e. The van der Waals surface area contributed by atoms with Crippen molar-refractivity contribution in [2.75, 3.05) is 0 Å². The van der Waals surface area contributed by atoms with Crippen molar-refractivity contribution >= 4 is 35.8 Å². The number of aliphatic carboxylic acids is 6. The number of hydrogen-bond donors (Lipinski definition) is 3. The van der Waals surface area contributed by atoms with Gasteiger partial charge in [0.05, 0.1) is 0 Å². The van der Waals surface area contributed by atoms with Crippen LogP contribution in [-0.2, 0) is 28.8 Å². The minimum absolute atomic E-state index is 0. The van der Waals surface area contributed by atoms with Crippen LogP contribution in [0.25, 0.3) is 0 Å². The molecule has 0 aromatic heterocycles. The van der Waals surface area contributed by atoms with E-state index in [0.717, 1.165) is 0 Å². The van der Waals surface area contributed by atoms with Crippen molar-refractivity contribution in [3.8, 4) is 0 Å². The molecule has 0 bridgehead atoms. The van der Waals surface area contributed by atoms with Gasteiger partial charge >= 0.3 is 172 Å². The number of carboxylic acid groups (broad SMARTS) is 6. The second kappa shape index (κ2) is 24.0. The second-order valence-electron chi connectivity index (χ2n) is 1.78. The summed E-state index contributed by atoms with van der Waals surface area (Å²) in [6.07, 6.45) is 0. The van der Waals surface area contributed by atoms with Crippen molar-refractivity contribution in [1.29, 1.82) is 0 Å². The Morgan fingerprint density at radius 3 is 0.524 bits per heavy atom. The third-order valence-electron chi connectivity index (χ3n) is 0.524. The largest absolute Gasteiger partial charge is 1.00 e. The predicted octanol–water partition coefficient (Wildman–Crippen LogP) is -15.5. The van der Waals surface area contributed by atoms with E-state index in [4.69, 9.17) is 59.4 Å². The number of hydrogen-bond acceptors (Lipinski definition) is 9. The van der Waals surface area contributed by atoms with Gasteiger partial charge in [0.15, 0.2) is 17.9 Å². The van der Waals surface area contributed by atoms with E-state index in [1.807, 2.05) is 0 Å². The number of rotatable bonds is 0. The standard InChI is InChI=1S/3C2H2O4.3K/c3*3-1(4)2(5)6;;;/h3*(H,3,4)(H,5,6);;;/q;;;3*+1/p-3. The number of carbonyl (C=O) groups is 6. The van der Waals surface area contributed by atoms with Crippen LogP contribution >= 0.6 is 0 Å². The van der Waals surface area contributed by atoms with Gasteiger partial charge in [-0.1, -0.05) is 0 Å². The first-order valence-corrected chi connectivity index (χ1v) is 3.26. The average molecular weight is 384 g/mol. The summed E-state index contributed by atoms with van der Waals surface area (Å²) >= 11 is 0. The summed E-state index contributed by atoms with van der Waals surface area (Å²) in [6.45, 7) is 0. The molecule has 102 valence electrons. The van der Waals surface area contributed by atoms with E-state index < -0.39 is 35.8 Å². The predicted molar refractivity (Wildman–Crippen MR) is 37.9 cm³/mol. The molecule has 21 heavy (non-hydrogen) atoms. The van der Waals surface area contributed by atoms with Crippen LogP contribution in [0.1, 0.15) is 0 Å². The molecule has 0 amide bonds. The van der Waals surface area contributed by atoms with Crippen molar-refractivity contribution in [2.45, 2.75) is 0 Å². The molecule has 0 heterocycles. The zero-order chi connectivity index (χ0) is 15.5. The Kier molecular flexibility index (Phi) is 43.8. The maximum atomic E-state index is 9.04. The minimum atomic E-state index is -2.07. The summed E-state index contributed by atoms with van der Waals surface area (Å²) in [7, 11) is 0. The molecule has 0 aliphatic carbocycles. The minimum Gasteiger partial charge on any atom is -0.539 e. The smallest absolute Gasteiger partial charge is 0.539 e. The van der Waals surface area contributed by atoms with Gasteiger partial charge in [0.25, 0.3) is 0 Å². The third-order valence-corrected chi connectivity index (χ3v) is 0.524. The first-order chi connectivity index (χ1) is 7.93. The summed E-state index contributed by atoms with van der Waals surface area (Å²) in [4.78, 5) is 54.1. The molecule has 0 saturated heterocycles. The molecule has 3 N–H and O–H groups in total. The fourth-order valence-corrected chi connectivity index (χ4v) is 0. The topological polar surface area (TPSA) is 232 Å². The molecule has 0 rings (SSSR count). The van der Waals surface area contributed by atoms with E-state index in [2.05, 4.69) is 0 Å². The van der Waals surface area contributed by atoms with Gasteiger partial charge in [-0.2, -0.15) is 0 Å². The average Bonchev–Trinajstić information content (AvgIpc) is 2.18. The molecule has 0 fully saturated rings. The molecule has 0 aromatic rings. The van der Waals surface area contributed by atoms with Crippen molar-refractivity contribution in [1.82, 2.24) is 0 Å². The fourth-order valence-electron chi connectivity index (χ4n) is 0. The maximum absolute atomic E-state index is 9.04. The van der Waals surface area contributed by atoms with E-state index in [0.29, 0.717) is 0 Å². The van der Waals surface area contributed by atoms with Gasteiger partial charge in [-0.3, -0.25) is 0 Å². The van der Waals surface area contributed by atoms with Crippen LogP contribution in [0.3, 0.4) is 0 Å². The summed E-state index contributed by atoms with van der Waals surface area (Å²) in [5.41, 5.74) is 0. The Hall–Kier alpha value is 1.73. The SMILES string of the molecule is O=C([O-])C(=O)O.O=C([O-])C(=O)O.O=C([O-])C(=O)O.[K+].[K+].[K+]. The van der Waals surface area contributed by atoms with Gasteiger partial charge in [-0.15, -0.1) is 0 Å². The molecule has 0 aliphatic heterocycles. The molecule has 0 atom stereocenters. The monoisotopic (exact) mass is 384 g/mol. The number of carboxylic acids is 6. The van der Waals surface area contributed by atoms with Crippen molar-refractivity contribution in [3.63, 3.8) is 0 Å². The molecule has 0 spiro atoms. The first kappa shape index (κ1) is 38.3. The summed E-state index contributed by atoms with van der Waals surface area (Å²) in [6, 6.07) is 0. The van der Waals surface area contributed by atoms with Crippen LogP contribution in [0, 0.1) is 0 Å². The molecule has 12 nitrogen and oxygen atoms in total. The Balaban J connectivity index is -0.0000000375. The van der Waals surface area contributed by atoms with Gasteiger partial charge in [-0.05, 0) is 0 Å². The van der Waals surface area contributed by atoms with Crippen LogP contribution < -0.4 is 169 Å². The first-order valence-electron chi connectivity index (χ1n) is 3.26. The van der Waals surface area contributed by atoms with Crippen LogP contribution in [0.5, 0.6) is 0 Å². The van der Waals surface area contributed by atoms with E-state index in [1.165, 1.54) is 0 Å². The molecular weight excluding hydrogens is 381 g/mol. The van der Waals surface area contributed by atoms with Gasteiger partial charge in [0, 0.05) is 0 Å². The van der Waals surface area contributed by atoms with Crippen molar-refractivity contribution in [3.05, 3.63) is 0 Å². The van der Waals surface area contributed by atoms with Gasteiger partial charge in [-0.25, -0.2) is 14.4 Å². The molecule has 0 radical (unpaired) electrons. The quantitative estimate of drug-likeness (QED) is 0.261. The summed E-state index contributed by atoms with van der Waals surface area (Å²) in [5, 5.41) is 49.0. The van der Waals surface area contributed by atoms with E-state index in [1.54, 1.807) is 0 Å². The van der Waals surface area contributed by atoms with Gasteiger partial charge in [0.1, 0.15) is 0 Å². The fraction of sp³-hybridized carbons (Fsp3) is 0. The summed E-state index contributed by atoms with van der Waals surface area (Å²) < 4.78 is 0. The zero-order valence-corrected chi connectivity index (χ0v) is 20.4.